The van der Waals surface area contributed by atoms with Crippen LogP contribution in [0.3, 0.4) is 0 Å². The summed E-state index contributed by atoms with van der Waals surface area (Å²) in [4.78, 5) is 0. The van der Waals surface area contributed by atoms with Crippen molar-refractivity contribution < 1.29 is 4.74 Å². The third-order valence-electron chi connectivity index (χ3n) is 1.79. The molecule has 0 aromatic carbocycles. The summed E-state index contributed by atoms with van der Waals surface area (Å²) in [5, 5.41) is 0. The molecule has 0 unspecified atom stereocenters. The zero-order valence-corrected chi connectivity index (χ0v) is 7.29. The van der Waals surface area contributed by atoms with Crippen LogP contribution >= 0.6 is 11.8 Å². The molecule has 1 aliphatic carbocycles. The summed E-state index contributed by atoms with van der Waals surface area (Å²) in [5.74, 6) is 2.11. The lowest BCUT2D eigenvalue weighted by atomic mass is 10.4. The van der Waals surface area contributed by atoms with E-state index in [4.69, 9.17) is 4.74 Å². The first-order valence-electron chi connectivity index (χ1n) is 4.15. The number of hydrogen-bond acceptors (Lipinski definition) is 2. The molecule has 1 saturated carbocycles. The fourth-order valence-corrected chi connectivity index (χ4v) is 1.77. The molecule has 1 aliphatic heterocycles. The van der Waals surface area contributed by atoms with Gasteiger partial charge in [0.25, 0.3) is 0 Å². The molecule has 2 aliphatic rings. The van der Waals surface area contributed by atoms with Gasteiger partial charge in [-0.25, -0.2) is 0 Å². The standard InChI is InChI=1S/C5H10.C3H6OS/c1-2-4-5-3-1;1-2-5-3-4-1/h1-5H2;1-3H2. The van der Waals surface area contributed by atoms with E-state index < -0.39 is 0 Å². The van der Waals surface area contributed by atoms with Crippen molar-refractivity contribution in [3.8, 4) is 0 Å². The van der Waals surface area contributed by atoms with E-state index >= 15 is 0 Å². The van der Waals surface area contributed by atoms with E-state index in [1.807, 2.05) is 11.8 Å². The van der Waals surface area contributed by atoms with Gasteiger partial charge >= 0.3 is 0 Å². The van der Waals surface area contributed by atoms with Crippen molar-refractivity contribution in [2.75, 3.05) is 18.3 Å². The van der Waals surface area contributed by atoms with Crippen LogP contribution in [0.4, 0.5) is 0 Å². The molecule has 0 radical (unpaired) electrons. The Labute approximate surface area is 67.5 Å². The van der Waals surface area contributed by atoms with Crippen LogP contribution in [0.2, 0.25) is 0 Å². The third kappa shape index (κ3) is 4.18. The zero-order valence-electron chi connectivity index (χ0n) is 6.47. The predicted molar refractivity (Wildman–Crippen MR) is 46.4 cm³/mol. The van der Waals surface area contributed by atoms with Crippen LogP contribution in [0, 0.1) is 0 Å². The van der Waals surface area contributed by atoms with E-state index in [2.05, 4.69) is 0 Å². The van der Waals surface area contributed by atoms with E-state index in [1.54, 1.807) is 0 Å². The second-order valence-corrected chi connectivity index (χ2v) is 3.75. The van der Waals surface area contributed by atoms with Crippen LogP contribution in [-0.4, -0.2) is 18.3 Å². The second kappa shape index (κ2) is 6.05. The van der Waals surface area contributed by atoms with Crippen molar-refractivity contribution in [2.24, 2.45) is 0 Å². The highest BCUT2D eigenvalue weighted by atomic mass is 32.2. The topological polar surface area (TPSA) is 9.23 Å². The lowest BCUT2D eigenvalue weighted by molar-refractivity contribution is 0.217. The molecule has 2 fully saturated rings. The molecule has 0 spiro atoms. The van der Waals surface area contributed by atoms with Gasteiger partial charge in [-0.1, -0.05) is 32.1 Å². The smallest absolute Gasteiger partial charge is 0.0922 e. The summed E-state index contributed by atoms with van der Waals surface area (Å²) in [6, 6.07) is 0. The Balaban J connectivity index is 0.0000001000. The Hall–Kier alpha value is 0.310. The highest BCUT2D eigenvalue weighted by Crippen LogP contribution is 2.15. The van der Waals surface area contributed by atoms with Crippen molar-refractivity contribution in [3.63, 3.8) is 0 Å². The Morgan fingerprint density at radius 3 is 1.70 bits per heavy atom. The molecule has 1 saturated heterocycles. The van der Waals surface area contributed by atoms with Gasteiger partial charge in [0.2, 0.25) is 0 Å². The Morgan fingerprint density at radius 1 is 0.900 bits per heavy atom. The third-order valence-corrected chi connectivity index (χ3v) is 2.58. The van der Waals surface area contributed by atoms with Gasteiger partial charge in [-0.15, -0.1) is 11.8 Å². The van der Waals surface area contributed by atoms with Crippen LogP contribution in [0.15, 0.2) is 0 Å². The molecule has 10 heavy (non-hydrogen) atoms. The minimum Gasteiger partial charge on any atom is -0.370 e. The molecule has 2 heteroatoms. The average Bonchev–Trinajstić information content (AvgIpc) is 2.67. The van der Waals surface area contributed by atoms with E-state index in [0.717, 1.165) is 12.5 Å². The maximum atomic E-state index is 4.91. The van der Waals surface area contributed by atoms with Crippen molar-refractivity contribution in [1.29, 1.82) is 0 Å². The molecular formula is C8H16OS. The van der Waals surface area contributed by atoms with Gasteiger partial charge in [-0.3, -0.25) is 0 Å². The van der Waals surface area contributed by atoms with Gasteiger partial charge in [0.05, 0.1) is 12.5 Å². The molecule has 0 aromatic heterocycles. The number of thioether (sulfide) groups is 1. The molecule has 2 rings (SSSR count). The molecule has 60 valence electrons. The Kier molecular flexibility index (Phi) is 5.08. The summed E-state index contributed by atoms with van der Waals surface area (Å²) in [5.41, 5.74) is 0. The molecule has 0 amide bonds. The van der Waals surface area contributed by atoms with E-state index in [0.29, 0.717) is 0 Å². The fraction of sp³-hybridized carbons (Fsp3) is 1.00. The van der Waals surface area contributed by atoms with Crippen LogP contribution in [0.25, 0.3) is 0 Å². The van der Waals surface area contributed by atoms with Crippen molar-refractivity contribution >= 4 is 11.8 Å². The van der Waals surface area contributed by atoms with Gasteiger partial charge in [-0.05, 0) is 0 Å². The predicted octanol–water partition coefficient (Wildman–Crippen LogP) is 2.66. The number of rotatable bonds is 0. The van der Waals surface area contributed by atoms with E-state index in [-0.39, 0.29) is 0 Å². The summed E-state index contributed by atoms with van der Waals surface area (Å²) in [7, 11) is 0. The average molecular weight is 160 g/mol. The number of ether oxygens (including phenoxy) is 1. The monoisotopic (exact) mass is 160 g/mol. The first-order valence-corrected chi connectivity index (χ1v) is 5.31. The van der Waals surface area contributed by atoms with Gasteiger partial charge < -0.3 is 4.74 Å². The summed E-state index contributed by atoms with van der Waals surface area (Å²) in [6.07, 6.45) is 7.50. The van der Waals surface area contributed by atoms with Crippen LogP contribution in [-0.2, 0) is 4.74 Å². The second-order valence-electron chi connectivity index (χ2n) is 2.70. The van der Waals surface area contributed by atoms with Crippen molar-refractivity contribution in [1.82, 2.24) is 0 Å². The Morgan fingerprint density at radius 2 is 1.50 bits per heavy atom. The molecular weight excluding hydrogens is 144 g/mol. The lowest BCUT2D eigenvalue weighted by Gasteiger charge is -1.75. The van der Waals surface area contributed by atoms with Gasteiger partial charge in [0.15, 0.2) is 0 Å². The molecule has 0 bridgehead atoms. The summed E-state index contributed by atoms with van der Waals surface area (Å²) < 4.78 is 4.91. The fourth-order valence-electron chi connectivity index (χ4n) is 1.18. The molecule has 0 N–H and O–H groups in total. The quantitative estimate of drug-likeness (QED) is 0.539. The molecule has 1 heterocycles. The minimum atomic E-state index is 0.917. The maximum Gasteiger partial charge on any atom is 0.0922 e. The van der Waals surface area contributed by atoms with E-state index in [9.17, 15) is 0 Å². The SMILES string of the molecule is C1CCCC1.C1CSCO1. The van der Waals surface area contributed by atoms with Gasteiger partial charge in [0.1, 0.15) is 0 Å². The highest BCUT2D eigenvalue weighted by Gasteiger charge is 1.95. The first-order chi connectivity index (χ1) is 5.00. The molecule has 0 atom stereocenters. The van der Waals surface area contributed by atoms with Gasteiger partial charge in [0, 0.05) is 5.75 Å². The lowest BCUT2D eigenvalue weighted by Crippen LogP contribution is -1.77. The van der Waals surface area contributed by atoms with E-state index in [1.165, 1.54) is 37.9 Å². The highest BCUT2D eigenvalue weighted by molar-refractivity contribution is 7.99. The maximum absolute atomic E-state index is 4.91. The normalized spacial score (nSPS) is 24.0. The van der Waals surface area contributed by atoms with Crippen LogP contribution in [0.5, 0.6) is 0 Å². The molecule has 1 nitrogen and oxygen atoms in total. The summed E-state index contributed by atoms with van der Waals surface area (Å²) in [6.45, 7) is 0.963. The number of hydrogen-bond donors (Lipinski definition) is 0. The first kappa shape index (κ1) is 8.41. The largest absolute Gasteiger partial charge is 0.370 e. The zero-order chi connectivity index (χ0) is 7.07. The van der Waals surface area contributed by atoms with Crippen LogP contribution in [0.1, 0.15) is 32.1 Å². The summed E-state index contributed by atoms with van der Waals surface area (Å²) >= 11 is 1.85. The Bertz CT molecular complexity index is 42.4. The van der Waals surface area contributed by atoms with Gasteiger partial charge in [-0.2, -0.15) is 0 Å². The molecule has 0 aromatic rings. The van der Waals surface area contributed by atoms with Crippen molar-refractivity contribution in [2.45, 2.75) is 32.1 Å². The van der Waals surface area contributed by atoms with Crippen molar-refractivity contribution in [3.05, 3.63) is 0 Å². The minimum absolute atomic E-state index is 0.917. The van der Waals surface area contributed by atoms with Crippen LogP contribution < -0.4 is 0 Å².